The fourth-order valence-corrected chi connectivity index (χ4v) is 4.78. The fraction of sp³-hybridized carbons (Fsp3) is 0.368. The summed E-state index contributed by atoms with van der Waals surface area (Å²) in [5, 5.41) is 8.27. The Morgan fingerprint density at radius 1 is 1.24 bits per heavy atom. The third-order valence-electron chi connectivity index (χ3n) is 4.91. The van der Waals surface area contributed by atoms with Crippen molar-refractivity contribution in [1.82, 2.24) is 29.7 Å². The van der Waals surface area contributed by atoms with Gasteiger partial charge in [0.25, 0.3) is 10.0 Å². The smallest absolute Gasteiger partial charge is 0.272 e. The molecule has 3 rings (SSSR count). The van der Waals surface area contributed by atoms with Gasteiger partial charge in [0.2, 0.25) is 22.7 Å². The molecule has 3 N–H and O–H groups in total. The Morgan fingerprint density at radius 2 is 1.94 bits per heavy atom. The first-order valence-electron chi connectivity index (χ1n) is 9.96. The van der Waals surface area contributed by atoms with E-state index in [1.165, 1.54) is 31.2 Å². The van der Waals surface area contributed by atoms with Gasteiger partial charge in [-0.1, -0.05) is 24.6 Å². The molecule has 0 bridgehead atoms. The van der Waals surface area contributed by atoms with Crippen molar-refractivity contribution in [2.75, 3.05) is 18.9 Å². The van der Waals surface area contributed by atoms with Crippen LogP contribution in [-0.4, -0.2) is 58.3 Å². The molecular weight excluding hydrogens is 488 g/mol. The van der Waals surface area contributed by atoms with Gasteiger partial charge in [-0.05, 0) is 12.5 Å². The number of hydrogen-bond acceptors (Lipinski definition) is 10. The highest BCUT2D eigenvalue weighted by Crippen LogP contribution is 2.34. The summed E-state index contributed by atoms with van der Waals surface area (Å²) < 4.78 is 41.4. The van der Waals surface area contributed by atoms with E-state index in [2.05, 4.69) is 29.9 Å². The van der Waals surface area contributed by atoms with Crippen molar-refractivity contribution < 1.29 is 22.7 Å². The quantitative estimate of drug-likeness (QED) is 0.382. The zero-order chi connectivity index (χ0) is 24.9. The van der Waals surface area contributed by atoms with Gasteiger partial charge in [-0.3, -0.25) is 9.36 Å². The van der Waals surface area contributed by atoms with Crippen LogP contribution in [0.3, 0.4) is 0 Å². The average molecular weight is 511 g/mol. The van der Waals surface area contributed by atoms with Gasteiger partial charge in [0.15, 0.2) is 11.6 Å². The molecular formula is C19H23ClN8O5S. The van der Waals surface area contributed by atoms with Crippen molar-refractivity contribution in [2.45, 2.75) is 31.2 Å². The second kappa shape index (κ2) is 10.3. The van der Waals surface area contributed by atoms with Gasteiger partial charge in [-0.25, -0.2) is 28.1 Å². The number of pyridine rings is 1. The van der Waals surface area contributed by atoms with Crippen molar-refractivity contribution in [3.63, 3.8) is 0 Å². The summed E-state index contributed by atoms with van der Waals surface area (Å²) in [5.74, 6) is -0.383. The zero-order valence-electron chi connectivity index (χ0n) is 18.6. The van der Waals surface area contributed by atoms with Crippen molar-refractivity contribution in [1.29, 1.82) is 0 Å². The number of primary amides is 1. The highest BCUT2D eigenvalue weighted by atomic mass is 35.5. The number of nitrogens with zero attached hydrogens (tertiary/aromatic N) is 6. The molecule has 0 spiro atoms. The molecule has 1 unspecified atom stereocenters. The van der Waals surface area contributed by atoms with Gasteiger partial charge >= 0.3 is 0 Å². The molecule has 0 aliphatic carbocycles. The Kier molecular flexibility index (Phi) is 7.64. The van der Waals surface area contributed by atoms with E-state index in [1.54, 1.807) is 25.1 Å². The molecule has 3 aromatic rings. The van der Waals surface area contributed by atoms with Crippen LogP contribution in [0.2, 0.25) is 5.02 Å². The van der Waals surface area contributed by atoms with E-state index in [1.807, 2.05) is 0 Å². The van der Waals surface area contributed by atoms with E-state index in [-0.39, 0.29) is 42.0 Å². The lowest BCUT2D eigenvalue weighted by Gasteiger charge is -2.29. The number of halogens is 1. The van der Waals surface area contributed by atoms with E-state index in [4.69, 9.17) is 26.8 Å². The summed E-state index contributed by atoms with van der Waals surface area (Å²) in [6, 6.07) is 4.96. The van der Waals surface area contributed by atoms with E-state index in [0.29, 0.717) is 11.6 Å². The molecule has 15 heteroatoms. The van der Waals surface area contributed by atoms with Gasteiger partial charge in [0.1, 0.15) is 5.69 Å². The zero-order valence-corrected chi connectivity index (χ0v) is 20.2. The number of anilines is 1. The molecule has 182 valence electrons. The molecule has 3 heterocycles. The second-order valence-electron chi connectivity index (χ2n) is 6.92. The summed E-state index contributed by atoms with van der Waals surface area (Å²) in [5.41, 5.74) is 5.65. The fourth-order valence-electron chi connectivity index (χ4n) is 3.18. The molecule has 3 aromatic heterocycles. The molecule has 0 saturated carbocycles. The predicted octanol–water partition coefficient (Wildman–Crippen LogP) is 1.32. The van der Waals surface area contributed by atoms with Gasteiger partial charge in [0, 0.05) is 38.5 Å². The van der Waals surface area contributed by atoms with Crippen LogP contribution in [0.5, 0.6) is 5.88 Å². The van der Waals surface area contributed by atoms with E-state index in [0.717, 1.165) is 0 Å². The number of hydrogen-bond donors (Lipinski definition) is 2. The first kappa shape index (κ1) is 25.3. The Hall–Kier alpha value is -3.36. The lowest BCUT2D eigenvalue weighted by atomic mass is 10.2. The maximum absolute atomic E-state index is 13.5. The van der Waals surface area contributed by atoms with Crippen LogP contribution in [0.15, 0.2) is 30.6 Å². The number of carbonyl (C=O) groups is 1. The van der Waals surface area contributed by atoms with Crippen LogP contribution >= 0.6 is 11.6 Å². The number of sulfonamides is 1. The molecule has 0 saturated heterocycles. The van der Waals surface area contributed by atoms with Crippen molar-refractivity contribution in [3.8, 4) is 17.4 Å². The number of aromatic nitrogens is 6. The molecule has 0 fully saturated rings. The van der Waals surface area contributed by atoms with Crippen LogP contribution in [-0.2, 0) is 31.0 Å². The van der Waals surface area contributed by atoms with Gasteiger partial charge in [-0.15, -0.1) is 10.2 Å². The van der Waals surface area contributed by atoms with Crippen LogP contribution in [0.25, 0.3) is 11.5 Å². The number of ether oxygens (including phenoxy) is 2. The van der Waals surface area contributed by atoms with E-state index >= 15 is 0 Å². The summed E-state index contributed by atoms with van der Waals surface area (Å²) in [6.07, 6.45) is 2.39. The average Bonchev–Trinajstić information content (AvgIpc) is 3.21. The maximum Gasteiger partial charge on any atom is 0.272 e. The predicted molar refractivity (Wildman–Crippen MR) is 122 cm³/mol. The Bertz CT molecular complexity index is 1260. The molecule has 34 heavy (non-hydrogen) atoms. The van der Waals surface area contributed by atoms with Crippen LogP contribution < -0.4 is 15.2 Å². The van der Waals surface area contributed by atoms with Gasteiger partial charge in [0.05, 0.1) is 12.1 Å². The van der Waals surface area contributed by atoms with Crippen LogP contribution in [0.4, 0.5) is 5.95 Å². The minimum absolute atomic E-state index is 0.0159. The van der Waals surface area contributed by atoms with E-state index < -0.39 is 20.9 Å². The molecule has 0 aliphatic rings. The number of carbonyl (C=O) groups excluding carboxylic acids is 1. The molecule has 0 aromatic carbocycles. The van der Waals surface area contributed by atoms with Crippen molar-refractivity contribution >= 4 is 33.5 Å². The van der Waals surface area contributed by atoms with Crippen LogP contribution in [0.1, 0.15) is 25.6 Å². The monoisotopic (exact) mass is 510 g/mol. The highest BCUT2D eigenvalue weighted by molar-refractivity contribution is 7.93. The topological polar surface area (TPSA) is 177 Å². The number of nitrogens with two attached hydrogens (primary N) is 1. The molecule has 0 radical (unpaired) electrons. The third kappa shape index (κ3) is 4.93. The van der Waals surface area contributed by atoms with Crippen molar-refractivity contribution in [3.05, 3.63) is 41.4 Å². The van der Waals surface area contributed by atoms with Gasteiger partial charge < -0.3 is 15.2 Å². The third-order valence-corrected chi connectivity index (χ3v) is 7.06. The standard InChI is InChI=1S/C19H23ClN8O5S/c1-4-19(33-3,17-22-10-12(20)11-23-17)34(30,31)27-18-26-25-16(28(18)9-8-14(21)29)13-6-5-7-15(24-13)32-2/h5-7,10-11H,4,8-9H2,1-3H3,(H2,21,29)(H,26,27). The molecule has 1 atom stereocenters. The largest absolute Gasteiger partial charge is 0.481 e. The summed E-state index contributed by atoms with van der Waals surface area (Å²) in [4.78, 5) is 21.9. The Balaban J connectivity index is 2.08. The summed E-state index contributed by atoms with van der Waals surface area (Å²) in [7, 11) is -1.69. The van der Waals surface area contributed by atoms with Crippen LogP contribution in [0, 0.1) is 0 Å². The lowest BCUT2D eigenvalue weighted by Crippen LogP contribution is -2.43. The molecule has 0 aliphatic heterocycles. The highest BCUT2D eigenvalue weighted by Gasteiger charge is 2.48. The Labute approximate surface area is 200 Å². The SMILES string of the molecule is CCC(OC)(c1ncc(Cl)cn1)S(=O)(=O)Nc1nnc(-c2cccc(OC)n2)n1CCC(N)=O. The number of nitrogens with one attached hydrogen (secondary N) is 1. The minimum Gasteiger partial charge on any atom is -0.481 e. The number of rotatable bonds is 11. The first-order chi connectivity index (χ1) is 16.2. The summed E-state index contributed by atoms with van der Waals surface area (Å²) >= 11 is 5.85. The normalized spacial score (nSPS) is 13.3. The minimum atomic E-state index is -4.37. The second-order valence-corrected chi connectivity index (χ2v) is 9.23. The number of methoxy groups -OCH3 is 2. The summed E-state index contributed by atoms with van der Waals surface area (Å²) in [6.45, 7) is 1.59. The lowest BCUT2D eigenvalue weighted by molar-refractivity contribution is -0.118. The van der Waals surface area contributed by atoms with E-state index in [9.17, 15) is 13.2 Å². The molecule has 13 nitrogen and oxygen atoms in total. The maximum atomic E-state index is 13.5. The van der Waals surface area contributed by atoms with Crippen molar-refractivity contribution in [2.24, 2.45) is 5.73 Å². The molecule has 1 amide bonds. The number of amides is 1. The first-order valence-corrected chi connectivity index (χ1v) is 11.8. The van der Waals surface area contributed by atoms with Gasteiger partial charge in [-0.2, -0.15) is 0 Å². The Morgan fingerprint density at radius 3 is 2.53 bits per heavy atom.